The zero-order chi connectivity index (χ0) is 22.0. The van der Waals surface area contributed by atoms with E-state index in [0.29, 0.717) is 35.9 Å². The highest BCUT2D eigenvalue weighted by atomic mass is 16.5. The molecule has 8 heteroatoms. The number of piperidine rings is 1. The smallest absolute Gasteiger partial charge is 0.407 e. The molecule has 2 heterocycles. The number of carboxylic acid groups (broad SMARTS) is 1. The average Bonchev–Trinajstić information content (AvgIpc) is 2.79. The van der Waals surface area contributed by atoms with E-state index in [1.165, 1.54) is 4.90 Å². The van der Waals surface area contributed by atoms with Gasteiger partial charge in [0.25, 0.3) is 0 Å². The minimum absolute atomic E-state index is 0.0295. The normalized spacial score (nSPS) is 16.0. The molecule has 4 rings (SSSR count). The Hall–Kier alpha value is -3.86. The molecule has 158 valence electrons. The van der Waals surface area contributed by atoms with Crippen molar-refractivity contribution in [3.8, 4) is 23.1 Å². The summed E-state index contributed by atoms with van der Waals surface area (Å²) in [6, 6.07) is 13.4. The third-order valence-electron chi connectivity index (χ3n) is 5.55. The van der Waals surface area contributed by atoms with Crippen LogP contribution in [0, 0.1) is 18.3 Å². The Labute approximate surface area is 180 Å². The quantitative estimate of drug-likeness (QED) is 0.659. The first-order valence-corrected chi connectivity index (χ1v) is 10.1. The SMILES string of the molecule is COc1cc(C#N)ccc1-c1nnc(N[C@@H]2CCCN(C(=O)O)C2)c2cc(C)ccc12. The van der Waals surface area contributed by atoms with Crippen molar-refractivity contribution >= 4 is 22.7 Å². The van der Waals surface area contributed by atoms with Crippen molar-refractivity contribution in [2.24, 2.45) is 0 Å². The molecule has 2 aromatic carbocycles. The molecule has 0 aliphatic carbocycles. The molecule has 0 spiro atoms. The maximum absolute atomic E-state index is 11.4. The monoisotopic (exact) mass is 417 g/mol. The van der Waals surface area contributed by atoms with Crippen LogP contribution in [0.4, 0.5) is 10.6 Å². The Bertz CT molecular complexity index is 1190. The summed E-state index contributed by atoms with van der Waals surface area (Å²) in [7, 11) is 1.56. The van der Waals surface area contributed by atoms with Crippen molar-refractivity contribution in [3.63, 3.8) is 0 Å². The van der Waals surface area contributed by atoms with E-state index in [0.717, 1.165) is 34.7 Å². The lowest BCUT2D eigenvalue weighted by atomic mass is 10.0. The van der Waals surface area contributed by atoms with Gasteiger partial charge in [-0.15, -0.1) is 10.2 Å². The molecule has 1 aromatic heterocycles. The summed E-state index contributed by atoms with van der Waals surface area (Å²) in [6.45, 7) is 2.98. The maximum atomic E-state index is 11.4. The van der Waals surface area contributed by atoms with Crippen LogP contribution in [0.1, 0.15) is 24.0 Å². The van der Waals surface area contributed by atoms with E-state index >= 15 is 0 Å². The van der Waals surface area contributed by atoms with Gasteiger partial charge >= 0.3 is 6.09 Å². The molecule has 8 nitrogen and oxygen atoms in total. The Balaban J connectivity index is 1.77. The van der Waals surface area contributed by atoms with Crippen molar-refractivity contribution in [2.45, 2.75) is 25.8 Å². The van der Waals surface area contributed by atoms with Crippen molar-refractivity contribution in [2.75, 3.05) is 25.5 Å². The predicted molar refractivity (Wildman–Crippen MR) is 117 cm³/mol. The van der Waals surface area contributed by atoms with Crippen LogP contribution in [-0.2, 0) is 0 Å². The Kier molecular flexibility index (Phi) is 5.58. The molecule has 0 radical (unpaired) electrons. The number of fused-ring (bicyclic) bond motifs is 1. The summed E-state index contributed by atoms with van der Waals surface area (Å²) < 4.78 is 5.51. The van der Waals surface area contributed by atoms with Gasteiger partial charge in [-0.1, -0.05) is 17.7 Å². The second-order valence-electron chi connectivity index (χ2n) is 7.69. The van der Waals surface area contributed by atoms with Crippen LogP contribution in [0.3, 0.4) is 0 Å². The van der Waals surface area contributed by atoms with E-state index < -0.39 is 6.09 Å². The summed E-state index contributed by atoms with van der Waals surface area (Å²) in [5.74, 6) is 1.19. The summed E-state index contributed by atoms with van der Waals surface area (Å²) in [4.78, 5) is 12.8. The number of carbonyl (C=O) groups is 1. The van der Waals surface area contributed by atoms with Gasteiger partial charge in [-0.25, -0.2) is 4.79 Å². The van der Waals surface area contributed by atoms with Gasteiger partial charge in [0.1, 0.15) is 11.4 Å². The highest BCUT2D eigenvalue weighted by Gasteiger charge is 2.24. The number of amides is 1. The Morgan fingerprint density at radius 3 is 2.84 bits per heavy atom. The van der Waals surface area contributed by atoms with Gasteiger partial charge in [0.2, 0.25) is 0 Å². The van der Waals surface area contributed by atoms with E-state index in [1.54, 1.807) is 19.2 Å². The summed E-state index contributed by atoms with van der Waals surface area (Å²) >= 11 is 0. The fourth-order valence-corrected chi connectivity index (χ4v) is 3.99. The molecule has 1 fully saturated rings. The molecule has 1 amide bonds. The third-order valence-corrected chi connectivity index (χ3v) is 5.55. The molecular formula is C23H23N5O3. The summed E-state index contributed by atoms with van der Waals surface area (Å²) in [6.07, 6.45) is 0.764. The molecule has 1 atom stereocenters. The van der Waals surface area contributed by atoms with Crippen LogP contribution < -0.4 is 10.1 Å². The molecule has 0 bridgehead atoms. The van der Waals surface area contributed by atoms with Gasteiger partial charge in [-0.05, 0) is 44.0 Å². The Morgan fingerprint density at radius 2 is 2.10 bits per heavy atom. The molecule has 0 saturated carbocycles. The molecular weight excluding hydrogens is 394 g/mol. The van der Waals surface area contributed by atoms with E-state index in [4.69, 9.17) is 4.74 Å². The number of methoxy groups -OCH3 is 1. The number of aromatic nitrogens is 2. The summed E-state index contributed by atoms with van der Waals surface area (Å²) in [5.41, 5.74) is 3.01. The zero-order valence-electron chi connectivity index (χ0n) is 17.4. The number of aryl methyl sites for hydroxylation is 1. The Morgan fingerprint density at radius 1 is 1.26 bits per heavy atom. The first-order valence-electron chi connectivity index (χ1n) is 10.1. The second kappa shape index (κ2) is 8.48. The van der Waals surface area contributed by atoms with E-state index in [2.05, 4.69) is 21.6 Å². The summed E-state index contributed by atoms with van der Waals surface area (Å²) in [5, 5.41) is 32.7. The van der Waals surface area contributed by atoms with Crippen molar-refractivity contribution in [3.05, 3.63) is 47.5 Å². The number of benzene rings is 2. The van der Waals surface area contributed by atoms with Gasteiger partial charge < -0.3 is 20.1 Å². The zero-order valence-corrected chi connectivity index (χ0v) is 17.4. The number of hydrogen-bond acceptors (Lipinski definition) is 6. The van der Waals surface area contributed by atoms with Crippen LogP contribution in [-0.4, -0.2) is 52.5 Å². The highest BCUT2D eigenvalue weighted by Crippen LogP contribution is 2.36. The largest absolute Gasteiger partial charge is 0.496 e. The van der Waals surface area contributed by atoms with Gasteiger partial charge in [-0.2, -0.15) is 5.26 Å². The maximum Gasteiger partial charge on any atom is 0.407 e. The minimum atomic E-state index is -0.901. The lowest BCUT2D eigenvalue weighted by Crippen LogP contribution is -2.44. The number of likely N-dealkylation sites (tertiary alicyclic amines) is 1. The molecule has 1 aliphatic heterocycles. The highest BCUT2D eigenvalue weighted by molar-refractivity contribution is 6.01. The number of hydrogen-bond donors (Lipinski definition) is 2. The van der Waals surface area contributed by atoms with Crippen LogP contribution in [0.25, 0.3) is 22.0 Å². The number of nitrogens with zero attached hydrogens (tertiary/aromatic N) is 4. The standard InChI is InChI=1S/C23H23N5O3/c1-14-5-7-17-19(10-14)22(25-16-4-3-9-28(13-16)23(29)30)27-26-21(17)18-8-6-15(12-24)11-20(18)31-2/h5-8,10-11,16H,3-4,9,13H2,1-2H3,(H,25,27)(H,29,30)/t16-/m1/s1. The average molecular weight is 417 g/mol. The van der Waals surface area contributed by atoms with Crippen molar-refractivity contribution in [1.82, 2.24) is 15.1 Å². The van der Waals surface area contributed by atoms with E-state index in [1.807, 2.05) is 31.2 Å². The first-order chi connectivity index (χ1) is 15.0. The topological polar surface area (TPSA) is 111 Å². The van der Waals surface area contributed by atoms with Crippen molar-refractivity contribution < 1.29 is 14.6 Å². The molecule has 1 aliphatic rings. The van der Waals surface area contributed by atoms with Crippen LogP contribution >= 0.6 is 0 Å². The fraction of sp³-hybridized carbons (Fsp3) is 0.304. The first kappa shape index (κ1) is 20.4. The fourth-order valence-electron chi connectivity index (χ4n) is 3.99. The molecule has 1 saturated heterocycles. The molecule has 3 aromatic rings. The van der Waals surface area contributed by atoms with Crippen molar-refractivity contribution in [1.29, 1.82) is 5.26 Å². The number of anilines is 1. The van der Waals surface area contributed by atoms with Crippen LogP contribution in [0.2, 0.25) is 0 Å². The predicted octanol–water partition coefficient (Wildman–Crippen LogP) is 4.04. The number of ether oxygens (including phenoxy) is 1. The van der Waals surface area contributed by atoms with E-state index in [-0.39, 0.29) is 6.04 Å². The third kappa shape index (κ3) is 4.08. The molecule has 2 N–H and O–H groups in total. The molecule has 0 unspecified atom stereocenters. The van der Waals surface area contributed by atoms with Gasteiger partial charge in [0.05, 0.1) is 18.7 Å². The van der Waals surface area contributed by atoms with Gasteiger partial charge in [0.15, 0.2) is 5.82 Å². The molecule has 31 heavy (non-hydrogen) atoms. The number of nitrogens with one attached hydrogen (secondary N) is 1. The van der Waals surface area contributed by atoms with E-state index in [9.17, 15) is 15.2 Å². The van der Waals surface area contributed by atoms with Crippen LogP contribution in [0.15, 0.2) is 36.4 Å². The minimum Gasteiger partial charge on any atom is -0.496 e. The lowest BCUT2D eigenvalue weighted by molar-refractivity contribution is 0.133. The van der Waals surface area contributed by atoms with Gasteiger partial charge in [-0.3, -0.25) is 0 Å². The second-order valence-corrected chi connectivity index (χ2v) is 7.69. The number of rotatable bonds is 4. The van der Waals surface area contributed by atoms with Crippen LogP contribution in [0.5, 0.6) is 5.75 Å². The lowest BCUT2D eigenvalue weighted by Gasteiger charge is -2.31. The number of nitriles is 1. The van der Waals surface area contributed by atoms with Gasteiger partial charge in [0, 0.05) is 35.5 Å².